The molecule has 4 nitrogen and oxygen atoms in total. The molecule has 1 aromatic heterocycles. The van der Waals surface area contributed by atoms with Gasteiger partial charge in [0, 0.05) is 5.56 Å². The summed E-state index contributed by atoms with van der Waals surface area (Å²) in [6.07, 6.45) is 0. The van der Waals surface area contributed by atoms with Crippen LogP contribution in [0.2, 0.25) is 0 Å². The number of rotatable bonds is 3. The number of aryl methyl sites for hydroxylation is 2. The standard InChI is InChI=1S/C12H12ClN3OS/c1-7-3-8(2)5-9(4-7)11-15-16-12(18-11)14-10(17)6-13/h3-5H,6H2,1-2H3,(H,14,16,17). The number of anilines is 1. The third-order valence-corrected chi connectivity index (χ3v) is 3.39. The van der Waals surface area contributed by atoms with Crippen LogP contribution < -0.4 is 5.32 Å². The van der Waals surface area contributed by atoms with E-state index >= 15 is 0 Å². The van der Waals surface area contributed by atoms with E-state index in [1.807, 2.05) is 26.0 Å². The van der Waals surface area contributed by atoms with Gasteiger partial charge in [0.05, 0.1) is 0 Å². The zero-order chi connectivity index (χ0) is 13.1. The third kappa shape index (κ3) is 3.05. The van der Waals surface area contributed by atoms with Crippen LogP contribution in [-0.2, 0) is 4.79 Å². The molecule has 0 aliphatic heterocycles. The van der Waals surface area contributed by atoms with Crippen molar-refractivity contribution in [1.29, 1.82) is 0 Å². The van der Waals surface area contributed by atoms with Crippen LogP contribution in [0.4, 0.5) is 5.13 Å². The predicted octanol–water partition coefficient (Wildman–Crippen LogP) is 3.00. The van der Waals surface area contributed by atoms with E-state index in [1.54, 1.807) is 0 Å². The van der Waals surface area contributed by atoms with Gasteiger partial charge < -0.3 is 0 Å². The Balaban J connectivity index is 2.26. The highest BCUT2D eigenvalue weighted by atomic mass is 35.5. The number of nitrogens with one attached hydrogen (secondary N) is 1. The molecule has 0 unspecified atom stereocenters. The molecular formula is C12H12ClN3OS. The number of benzene rings is 1. The highest BCUT2D eigenvalue weighted by Crippen LogP contribution is 2.27. The highest BCUT2D eigenvalue weighted by molar-refractivity contribution is 7.18. The lowest BCUT2D eigenvalue weighted by Gasteiger charge is -2.00. The average Bonchev–Trinajstić information content (AvgIpc) is 2.76. The summed E-state index contributed by atoms with van der Waals surface area (Å²) in [5.41, 5.74) is 3.36. The quantitative estimate of drug-likeness (QED) is 0.880. The minimum Gasteiger partial charge on any atom is -0.299 e. The Labute approximate surface area is 114 Å². The van der Waals surface area contributed by atoms with Crippen molar-refractivity contribution in [2.24, 2.45) is 0 Å². The topological polar surface area (TPSA) is 54.9 Å². The second-order valence-corrected chi connectivity index (χ2v) is 5.22. The van der Waals surface area contributed by atoms with E-state index < -0.39 is 0 Å². The summed E-state index contributed by atoms with van der Waals surface area (Å²) in [6.45, 7) is 4.07. The zero-order valence-electron chi connectivity index (χ0n) is 10.0. The van der Waals surface area contributed by atoms with E-state index in [2.05, 4.69) is 21.6 Å². The fraction of sp³-hybridized carbons (Fsp3) is 0.250. The molecule has 94 valence electrons. The van der Waals surface area contributed by atoms with E-state index in [0.717, 1.165) is 10.6 Å². The minimum absolute atomic E-state index is 0.0849. The second-order valence-electron chi connectivity index (χ2n) is 3.97. The Bertz CT molecular complexity index is 562. The number of halogens is 1. The summed E-state index contributed by atoms with van der Waals surface area (Å²) in [4.78, 5) is 11.1. The molecule has 0 saturated carbocycles. The third-order valence-electron chi connectivity index (χ3n) is 2.26. The molecule has 1 amide bonds. The lowest BCUT2D eigenvalue weighted by molar-refractivity contribution is -0.113. The number of carbonyl (C=O) groups excluding carboxylic acids is 1. The molecule has 0 radical (unpaired) electrons. The van der Waals surface area contributed by atoms with Gasteiger partial charge in [0.1, 0.15) is 10.9 Å². The molecule has 1 aromatic carbocycles. The molecule has 0 bridgehead atoms. The molecule has 2 rings (SSSR count). The number of alkyl halides is 1. The van der Waals surface area contributed by atoms with Gasteiger partial charge in [-0.3, -0.25) is 10.1 Å². The Morgan fingerprint density at radius 1 is 1.28 bits per heavy atom. The maximum Gasteiger partial charge on any atom is 0.241 e. The normalized spacial score (nSPS) is 10.4. The summed E-state index contributed by atoms with van der Waals surface area (Å²) in [5, 5.41) is 11.8. The summed E-state index contributed by atoms with van der Waals surface area (Å²) >= 11 is 6.75. The Hall–Kier alpha value is -1.46. The Kier molecular flexibility index (Phi) is 3.93. The monoisotopic (exact) mass is 281 g/mol. The molecule has 0 spiro atoms. The van der Waals surface area contributed by atoms with Gasteiger partial charge in [0.15, 0.2) is 0 Å². The van der Waals surface area contributed by atoms with Gasteiger partial charge in [-0.05, 0) is 26.0 Å². The van der Waals surface area contributed by atoms with E-state index in [-0.39, 0.29) is 11.8 Å². The van der Waals surface area contributed by atoms with Gasteiger partial charge >= 0.3 is 0 Å². The molecule has 1 heterocycles. The van der Waals surface area contributed by atoms with Crippen molar-refractivity contribution < 1.29 is 4.79 Å². The van der Waals surface area contributed by atoms with Gasteiger partial charge in [-0.1, -0.05) is 28.5 Å². The zero-order valence-corrected chi connectivity index (χ0v) is 11.6. The summed E-state index contributed by atoms with van der Waals surface area (Å²) in [7, 11) is 0. The second kappa shape index (κ2) is 5.46. The number of nitrogens with zero attached hydrogens (tertiary/aromatic N) is 2. The Morgan fingerprint density at radius 2 is 1.94 bits per heavy atom. The summed E-state index contributed by atoms with van der Waals surface area (Å²) < 4.78 is 0. The van der Waals surface area contributed by atoms with Crippen LogP contribution in [0.25, 0.3) is 10.6 Å². The fourth-order valence-electron chi connectivity index (χ4n) is 1.64. The Morgan fingerprint density at radius 3 is 2.56 bits per heavy atom. The number of hydrogen-bond acceptors (Lipinski definition) is 4. The molecule has 18 heavy (non-hydrogen) atoms. The molecule has 0 fully saturated rings. The SMILES string of the molecule is Cc1cc(C)cc(-c2nnc(NC(=O)CCl)s2)c1. The van der Waals surface area contributed by atoms with Crippen LogP contribution in [0.3, 0.4) is 0 Å². The molecular weight excluding hydrogens is 270 g/mol. The largest absolute Gasteiger partial charge is 0.299 e. The first-order valence-electron chi connectivity index (χ1n) is 5.36. The molecule has 0 aliphatic rings. The van der Waals surface area contributed by atoms with Crippen LogP contribution in [-0.4, -0.2) is 22.0 Å². The van der Waals surface area contributed by atoms with Crippen molar-refractivity contribution in [3.63, 3.8) is 0 Å². The van der Waals surface area contributed by atoms with Crippen molar-refractivity contribution >= 4 is 34.0 Å². The first-order chi connectivity index (χ1) is 8.58. The van der Waals surface area contributed by atoms with Crippen molar-refractivity contribution in [1.82, 2.24) is 10.2 Å². The van der Waals surface area contributed by atoms with Crippen molar-refractivity contribution in [3.8, 4) is 10.6 Å². The van der Waals surface area contributed by atoms with Crippen LogP contribution in [0, 0.1) is 13.8 Å². The van der Waals surface area contributed by atoms with Gasteiger partial charge in [-0.2, -0.15) is 0 Å². The number of amides is 1. The highest BCUT2D eigenvalue weighted by Gasteiger charge is 2.09. The summed E-state index contributed by atoms with van der Waals surface area (Å²) in [5.74, 6) is -0.363. The maximum absolute atomic E-state index is 11.1. The molecule has 0 saturated heterocycles. The van der Waals surface area contributed by atoms with Gasteiger partial charge in [-0.15, -0.1) is 21.8 Å². The fourth-order valence-corrected chi connectivity index (χ4v) is 2.46. The maximum atomic E-state index is 11.1. The van der Waals surface area contributed by atoms with E-state index in [9.17, 15) is 4.79 Å². The predicted molar refractivity (Wildman–Crippen MR) is 74.2 cm³/mol. The molecule has 1 N–H and O–H groups in total. The number of aromatic nitrogens is 2. The van der Waals surface area contributed by atoms with Crippen molar-refractivity contribution in [2.75, 3.05) is 11.2 Å². The molecule has 6 heteroatoms. The lowest BCUT2D eigenvalue weighted by Crippen LogP contribution is -2.12. The molecule has 0 atom stereocenters. The van der Waals surface area contributed by atoms with Crippen LogP contribution in [0.1, 0.15) is 11.1 Å². The summed E-state index contributed by atoms with van der Waals surface area (Å²) in [6, 6.07) is 6.18. The smallest absolute Gasteiger partial charge is 0.241 e. The first kappa shape index (κ1) is 13.0. The van der Waals surface area contributed by atoms with Crippen LogP contribution in [0.15, 0.2) is 18.2 Å². The minimum atomic E-state index is -0.278. The molecule has 0 aliphatic carbocycles. The molecule has 2 aromatic rings. The van der Waals surface area contributed by atoms with Gasteiger partial charge in [-0.25, -0.2) is 0 Å². The number of hydrogen-bond donors (Lipinski definition) is 1. The first-order valence-corrected chi connectivity index (χ1v) is 6.71. The lowest BCUT2D eigenvalue weighted by atomic mass is 10.1. The van der Waals surface area contributed by atoms with Crippen molar-refractivity contribution in [2.45, 2.75) is 13.8 Å². The average molecular weight is 282 g/mol. The van der Waals surface area contributed by atoms with E-state index in [1.165, 1.54) is 22.5 Å². The van der Waals surface area contributed by atoms with E-state index in [0.29, 0.717) is 5.13 Å². The van der Waals surface area contributed by atoms with Crippen LogP contribution >= 0.6 is 22.9 Å². The van der Waals surface area contributed by atoms with Gasteiger partial charge in [0.2, 0.25) is 11.0 Å². The van der Waals surface area contributed by atoms with Crippen molar-refractivity contribution in [3.05, 3.63) is 29.3 Å². The number of carbonyl (C=O) groups is 1. The van der Waals surface area contributed by atoms with Gasteiger partial charge in [0.25, 0.3) is 0 Å². The van der Waals surface area contributed by atoms with Crippen LogP contribution in [0.5, 0.6) is 0 Å². The van der Waals surface area contributed by atoms with E-state index in [4.69, 9.17) is 11.6 Å².